The number of nitrogens with one attached hydrogen (secondary N) is 3. The molecule has 0 atom stereocenters. The van der Waals surface area contributed by atoms with E-state index in [0.717, 1.165) is 0 Å². The van der Waals surface area contributed by atoms with Gasteiger partial charge in [0, 0.05) is 26.3 Å². The minimum Gasteiger partial charge on any atom is -0.383 e. The van der Waals surface area contributed by atoms with E-state index in [1.54, 1.807) is 25.3 Å². The summed E-state index contributed by atoms with van der Waals surface area (Å²) in [6.45, 7) is 2.69. The molecule has 0 radical (unpaired) electrons. The van der Waals surface area contributed by atoms with Gasteiger partial charge in [-0.3, -0.25) is 9.59 Å². The van der Waals surface area contributed by atoms with Gasteiger partial charge in [0.2, 0.25) is 11.8 Å². The molecule has 2 amide bonds. The van der Waals surface area contributed by atoms with Gasteiger partial charge in [0.25, 0.3) is 0 Å². The highest BCUT2D eigenvalue weighted by Crippen LogP contribution is 2.25. The fourth-order valence-electron chi connectivity index (χ4n) is 1.47. The van der Waals surface area contributed by atoms with Gasteiger partial charge in [-0.15, -0.1) is 12.4 Å². The predicted octanol–water partition coefficient (Wildman–Crippen LogP) is 1.89. The standard InChI is InChI=1S/C13H18ClN3O3.ClH/c1-9(18)16-10-3-4-11(14)12(7-10)17-13(19)8-15-5-6-20-2;/h3-4,7,15H,5-6,8H2,1-2H3,(H,16,18)(H,17,19);1H. The molecule has 1 rings (SSSR count). The molecule has 0 spiro atoms. The molecule has 8 heteroatoms. The molecule has 0 saturated carbocycles. The summed E-state index contributed by atoms with van der Waals surface area (Å²) in [5.41, 5.74) is 1.03. The zero-order chi connectivity index (χ0) is 15.0. The molecule has 1 aromatic rings. The highest BCUT2D eigenvalue weighted by atomic mass is 35.5. The van der Waals surface area contributed by atoms with Crippen molar-refractivity contribution in [1.82, 2.24) is 5.32 Å². The number of benzene rings is 1. The average molecular weight is 336 g/mol. The molecular formula is C13H19Cl2N3O3. The number of hydrogen-bond acceptors (Lipinski definition) is 4. The molecule has 0 aliphatic carbocycles. The Morgan fingerprint density at radius 1 is 1.29 bits per heavy atom. The van der Waals surface area contributed by atoms with Crippen LogP contribution in [0.3, 0.4) is 0 Å². The fourth-order valence-corrected chi connectivity index (χ4v) is 1.64. The van der Waals surface area contributed by atoms with Crippen LogP contribution in [0.15, 0.2) is 18.2 Å². The second-order valence-corrected chi connectivity index (χ2v) is 4.50. The monoisotopic (exact) mass is 335 g/mol. The van der Waals surface area contributed by atoms with Gasteiger partial charge in [0.05, 0.1) is 23.9 Å². The van der Waals surface area contributed by atoms with Gasteiger partial charge in [-0.2, -0.15) is 0 Å². The number of rotatable bonds is 7. The minimum atomic E-state index is -0.219. The summed E-state index contributed by atoms with van der Waals surface area (Å²) in [5.74, 6) is -0.409. The van der Waals surface area contributed by atoms with Crippen molar-refractivity contribution < 1.29 is 14.3 Å². The Morgan fingerprint density at radius 2 is 2.00 bits per heavy atom. The molecule has 118 valence electrons. The van der Waals surface area contributed by atoms with E-state index in [2.05, 4.69) is 16.0 Å². The average Bonchev–Trinajstić information content (AvgIpc) is 2.38. The van der Waals surface area contributed by atoms with E-state index >= 15 is 0 Å². The number of anilines is 2. The number of amides is 2. The predicted molar refractivity (Wildman–Crippen MR) is 86.4 cm³/mol. The summed E-state index contributed by atoms with van der Waals surface area (Å²) in [4.78, 5) is 22.7. The lowest BCUT2D eigenvalue weighted by molar-refractivity contribution is -0.115. The molecule has 0 unspecified atom stereocenters. The van der Waals surface area contributed by atoms with Crippen molar-refractivity contribution in [3.8, 4) is 0 Å². The third-order valence-corrected chi connectivity index (χ3v) is 2.66. The Labute approximate surface area is 135 Å². The molecular weight excluding hydrogens is 317 g/mol. The van der Waals surface area contributed by atoms with Crippen LogP contribution >= 0.6 is 24.0 Å². The largest absolute Gasteiger partial charge is 0.383 e. The normalized spacial score (nSPS) is 9.67. The van der Waals surface area contributed by atoms with Gasteiger partial charge in [-0.1, -0.05) is 11.6 Å². The van der Waals surface area contributed by atoms with Crippen LogP contribution in [0.5, 0.6) is 0 Å². The summed E-state index contributed by atoms with van der Waals surface area (Å²) in [7, 11) is 1.59. The van der Waals surface area contributed by atoms with Gasteiger partial charge in [-0.25, -0.2) is 0 Å². The summed E-state index contributed by atoms with van der Waals surface area (Å²) < 4.78 is 4.86. The van der Waals surface area contributed by atoms with Crippen molar-refractivity contribution >= 4 is 47.2 Å². The first-order valence-corrected chi connectivity index (χ1v) is 6.47. The van der Waals surface area contributed by atoms with Crippen LogP contribution in [0.1, 0.15) is 6.92 Å². The molecule has 0 aromatic heterocycles. The van der Waals surface area contributed by atoms with Crippen molar-refractivity contribution in [2.24, 2.45) is 0 Å². The summed E-state index contributed by atoms with van der Waals surface area (Å²) in [6.07, 6.45) is 0. The van der Waals surface area contributed by atoms with Crippen LogP contribution in [0.2, 0.25) is 5.02 Å². The van der Waals surface area contributed by atoms with Crippen LogP contribution in [0.25, 0.3) is 0 Å². The van der Waals surface area contributed by atoms with Crippen molar-refractivity contribution in [2.75, 3.05) is 37.4 Å². The molecule has 1 aromatic carbocycles. The van der Waals surface area contributed by atoms with E-state index in [9.17, 15) is 9.59 Å². The van der Waals surface area contributed by atoms with Gasteiger partial charge >= 0.3 is 0 Å². The number of ether oxygens (including phenoxy) is 1. The number of methoxy groups -OCH3 is 1. The summed E-state index contributed by atoms with van der Waals surface area (Å²) in [5, 5.41) is 8.63. The van der Waals surface area contributed by atoms with Crippen molar-refractivity contribution in [1.29, 1.82) is 0 Å². The zero-order valence-electron chi connectivity index (χ0n) is 11.9. The SMILES string of the molecule is COCCNCC(=O)Nc1cc(NC(C)=O)ccc1Cl.Cl. The maximum Gasteiger partial charge on any atom is 0.238 e. The lowest BCUT2D eigenvalue weighted by Gasteiger charge is -2.10. The Morgan fingerprint density at radius 3 is 2.62 bits per heavy atom. The molecule has 0 fully saturated rings. The van der Waals surface area contributed by atoms with Crippen LogP contribution < -0.4 is 16.0 Å². The molecule has 0 aliphatic heterocycles. The first-order valence-electron chi connectivity index (χ1n) is 6.09. The topological polar surface area (TPSA) is 79.5 Å². The fraction of sp³-hybridized carbons (Fsp3) is 0.385. The minimum absolute atomic E-state index is 0. The van der Waals surface area contributed by atoms with Gasteiger partial charge in [0.1, 0.15) is 0 Å². The molecule has 0 bridgehead atoms. The van der Waals surface area contributed by atoms with E-state index in [4.69, 9.17) is 16.3 Å². The molecule has 0 heterocycles. The third-order valence-electron chi connectivity index (χ3n) is 2.33. The second-order valence-electron chi connectivity index (χ2n) is 4.09. The molecule has 21 heavy (non-hydrogen) atoms. The Hall–Kier alpha value is -1.34. The van der Waals surface area contributed by atoms with Gasteiger partial charge in [0.15, 0.2) is 0 Å². The molecule has 0 saturated heterocycles. The van der Waals surface area contributed by atoms with E-state index in [1.165, 1.54) is 6.92 Å². The smallest absolute Gasteiger partial charge is 0.238 e. The van der Waals surface area contributed by atoms with Crippen LogP contribution in [0, 0.1) is 0 Å². The number of carbonyl (C=O) groups is 2. The van der Waals surface area contributed by atoms with E-state index < -0.39 is 0 Å². The highest BCUT2D eigenvalue weighted by molar-refractivity contribution is 6.33. The quantitative estimate of drug-likeness (QED) is 0.665. The van der Waals surface area contributed by atoms with Crippen LogP contribution in [0.4, 0.5) is 11.4 Å². The second kappa shape index (κ2) is 10.4. The van der Waals surface area contributed by atoms with Gasteiger partial charge in [-0.05, 0) is 18.2 Å². The van der Waals surface area contributed by atoms with E-state index in [-0.39, 0.29) is 30.8 Å². The summed E-state index contributed by atoms with van der Waals surface area (Å²) in [6, 6.07) is 4.88. The zero-order valence-corrected chi connectivity index (χ0v) is 13.4. The maximum absolute atomic E-state index is 11.7. The molecule has 0 aliphatic rings. The maximum atomic E-state index is 11.7. The molecule has 6 nitrogen and oxygen atoms in total. The lowest BCUT2D eigenvalue weighted by atomic mass is 10.2. The Kier molecular flexibility index (Phi) is 9.73. The number of halogens is 2. The lowest BCUT2D eigenvalue weighted by Crippen LogP contribution is -2.30. The number of hydrogen-bond donors (Lipinski definition) is 3. The van der Waals surface area contributed by atoms with Gasteiger partial charge < -0.3 is 20.7 Å². The molecule has 3 N–H and O–H groups in total. The third kappa shape index (κ3) is 7.87. The first kappa shape index (κ1) is 19.7. The first-order chi connectivity index (χ1) is 9.52. The summed E-state index contributed by atoms with van der Waals surface area (Å²) >= 11 is 5.99. The Balaban J connectivity index is 0.00000400. The van der Waals surface area contributed by atoms with Crippen molar-refractivity contribution in [3.63, 3.8) is 0 Å². The van der Waals surface area contributed by atoms with Crippen molar-refractivity contribution in [3.05, 3.63) is 23.2 Å². The van der Waals surface area contributed by atoms with E-state index in [0.29, 0.717) is 29.5 Å². The Bertz CT molecular complexity index is 484. The van der Waals surface area contributed by atoms with Crippen molar-refractivity contribution in [2.45, 2.75) is 6.92 Å². The van der Waals surface area contributed by atoms with Crippen LogP contribution in [-0.4, -0.2) is 38.6 Å². The van der Waals surface area contributed by atoms with Crippen LogP contribution in [-0.2, 0) is 14.3 Å². The van der Waals surface area contributed by atoms with E-state index in [1.807, 2.05) is 0 Å². The number of carbonyl (C=O) groups excluding carboxylic acids is 2. The highest BCUT2D eigenvalue weighted by Gasteiger charge is 2.07.